The molecule has 1 aliphatic rings. The zero-order valence-electron chi connectivity index (χ0n) is 13.4. The molecule has 114 valence electrons. The van der Waals surface area contributed by atoms with Crippen molar-refractivity contribution in [3.63, 3.8) is 0 Å². The first-order chi connectivity index (χ1) is 9.54. The average Bonchev–Trinajstić information content (AvgIpc) is 2.76. The molecule has 0 unspecified atom stereocenters. The summed E-state index contributed by atoms with van der Waals surface area (Å²) in [5.41, 5.74) is 1.38. The molecule has 2 rings (SSSR count). The molecule has 0 aliphatic heterocycles. The van der Waals surface area contributed by atoms with Crippen LogP contribution in [0, 0.1) is 12.8 Å². The van der Waals surface area contributed by atoms with Gasteiger partial charge in [0.25, 0.3) is 0 Å². The first-order valence-electron chi connectivity index (χ1n) is 7.97. The Labute approximate surface area is 127 Å². The van der Waals surface area contributed by atoms with Gasteiger partial charge < -0.3 is 10.1 Å². The Morgan fingerprint density at radius 1 is 1.30 bits per heavy atom. The minimum atomic E-state index is 0.489. The summed E-state index contributed by atoms with van der Waals surface area (Å²) in [6.45, 7) is 10.7. The molecular weight excluding hydrogens is 266 g/mol. The van der Waals surface area contributed by atoms with Gasteiger partial charge in [-0.05, 0) is 50.2 Å². The average molecular weight is 295 g/mol. The van der Waals surface area contributed by atoms with Gasteiger partial charge in [0.05, 0.1) is 12.7 Å². The van der Waals surface area contributed by atoms with Gasteiger partial charge in [-0.15, -0.1) is 11.3 Å². The van der Waals surface area contributed by atoms with Gasteiger partial charge in [-0.2, -0.15) is 0 Å². The summed E-state index contributed by atoms with van der Waals surface area (Å²) in [6.07, 6.45) is 5.63. The Bertz CT molecular complexity index is 405. The van der Waals surface area contributed by atoms with E-state index >= 15 is 0 Å². The predicted octanol–water partition coefficient (Wildman–Crippen LogP) is 4.65. The molecule has 0 saturated heterocycles. The fourth-order valence-corrected chi connectivity index (χ4v) is 3.73. The molecule has 1 aliphatic carbocycles. The molecule has 0 radical (unpaired) electrons. The van der Waals surface area contributed by atoms with E-state index in [1.807, 2.05) is 11.3 Å². The van der Waals surface area contributed by atoms with Crippen LogP contribution < -0.4 is 5.32 Å². The van der Waals surface area contributed by atoms with Crippen molar-refractivity contribution in [2.45, 2.75) is 78.7 Å². The first kappa shape index (κ1) is 16.0. The zero-order chi connectivity index (χ0) is 14.5. The molecule has 2 nitrogen and oxygen atoms in total. The Morgan fingerprint density at radius 3 is 2.65 bits per heavy atom. The largest absolute Gasteiger partial charge is 0.374 e. The van der Waals surface area contributed by atoms with E-state index in [4.69, 9.17) is 4.74 Å². The standard InChI is InChI=1S/C17H29NOS/c1-12(2)18-10-17-9-15(14(4)20-17)11-19-16-7-5-13(3)6-8-16/h9,12-13,16,18H,5-8,10-11H2,1-4H3. The van der Waals surface area contributed by atoms with Crippen LogP contribution in [-0.2, 0) is 17.9 Å². The second-order valence-electron chi connectivity index (χ2n) is 6.52. The highest BCUT2D eigenvalue weighted by molar-refractivity contribution is 7.12. The van der Waals surface area contributed by atoms with Gasteiger partial charge in [0, 0.05) is 22.3 Å². The number of nitrogens with one attached hydrogen (secondary N) is 1. The fourth-order valence-electron chi connectivity index (χ4n) is 2.73. The molecule has 0 spiro atoms. The fraction of sp³-hybridized carbons (Fsp3) is 0.765. The highest BCUT2D eigenvalue weighted by atomic mass is 32.1. The Balaban J connectivity index is 1.80. The van der Waals surface area contributed by atoms with E-state index in [-0.39, 0.29) is 0 Å². The minimum absolute atomic E-state index is 0.489. The zero-order valence-corrected chi connectivity index (χ0v) is 14.2. The maximum atomic E-state index is 6.12. The van der Waals surface area contributed by atoms with Crippen LogP contribution in [0.5, 0.6) is 0 Å². The third kappa shape index (κ3) is 4.87. The quantitative estimate of drug-likeness (QED) is 0.825. The highest BCUT2D eigenvalue weighted by Crippen LogP contribution is 2.28. The summed E-state index contributed by atoms with van der Waals surface area (Å²) in [5.74, 6) is 0.895. The third-order valence-electron chi connectivity index (χ3n) is 4.19. The van der Waals surface area contributed by atoms with Crippen molar-refractivity contribution >= 4 is 11.3 Å². The second-order valence-corrected chi connectivity index (χ2v) is 7.86. The van der Waals surface area contributed by atoms with Crippen LogP contribution in [-0.4, -0.2) is 12.1 Å². The lowest BCUT2D eigenvalue weighted by molar-refractivity contribution is 0.00872. The second kappa shape index (κ2) is 7.58. The summed E-state index contributed by atoms with van der Waals surface area (Å²) < 4.78 is 6.12. The van der Waals surface area contributed by atoms with Crippen LogP contribution in [0.15, 0.2) is 6.07 Å². The lowest BCUT2D eigenvalue weighted by Gasteiger charge is -2.26. The smallest absolute Gasteiger partial charge is 0.0731 e. The molecule has 1 heterocycles. The summed E-state index contributed by atoms with van der Waals surface area (Å²) in [5, 5.41) is 3.48. The maximum Gasteiger partial charge on any atom is 0.0731 e. The topological polar surface area (TPSA) is 21.3 Å². The number of hydrogen-bond acceptors (Lipinski definition) is 3. The summed E-state index contributed by atoms with van der Waals surface area (Å²) in [6, 6.07) is 2.86. The van der Waals surface area contributed by atoms with Crippen molar-refractivity contribution in [3.05, 3.63) is 21.4 Å². The molecule has 1 fully saturated rings. The molecule has 1 N–H and O–H groups in total. The van der Waals surface area contributed by atoms with Crippen molar-refractivity contribution in [3.8, 4) is 0 Å². The van der Waals surface area contributed by atoms with E-state index in [9.17, 15) is 0 Å². The molecule has 1 aromatic rings. The normalized spacial score (nSPS) is 23.4. The SMILES string of the molecule is Cc1sc(CNC(C)C)cc1COC1CCC(C)CC1. The summed E-state index contributed by atoms with van der Waals surface area (Å²) >= 11 is 1.90. The lowest BCUT2D eigenvalue weighted by atomic mass is 9.89. The van der Waals surface area contributed by atoms with Gasteiger partial charge in [0.2, 0.25) is 0 Å². The molecule has 1 saturated carbocycles. The molecule has 0 amide bonds. The van der Waals surface area contributed by atoms with Crippen molar-refractivity contribution < 1.29 is 4.74 Å². The third-order valence-corrected chi connectivity index (χ3v) is 5.29. The summed E-state index contributed by atoms with van der Waals surface area (Å²) in [7, 11) is 0. The van der Waals surface area contributed by atoms with Gasteiger partial charge >= 0.3 is 0 Å². The highest BCUT2D eigenvalue weighted by Gasteiger charge is 2.19. The molecule has 0 bridgehead atoms. The van der Waals surface area contributed by atoms with E-state index in [2.05, 4.69) is 39.1 Å². The lowest BCUT2D eigenvalue weighted by Crippen LogP contribution is -2.21. The van der Waals surface area contributed by atoms with Crippen molar-refractivity contribution in [2.24, 2.45) is 5.92 Å². The number of aryl methyl sites for hydroxylation is 1. The predicted molar refractivity (Wildman–Crippen MR) is 87.2 cm³/mol. The number of thiophene rings is 1. The molecule has 20 heavy (non-hydrogen) atoms. The maximum absolute atomic E-state index is 6.12. The number of ether oxygens (including phenoxy) is 1. The Morgan fingerprint density at radius 2 is 2.00 bits per heavy atom. The van der Waals surface area contributed by atoms with Crippen molar-refractivity contribution in [1.29, 1.82) is 0 Å². The number of hydrogen-bond donors (Lipinski definition) is 1. The monoisotopic (exact) mass is 295 g/mol. The molecule has 1 aromatic heterocycles. The van der Waals surface area contributed by atoms with Crippen LogP contribution in [0.4, 0.5) is 0 Å². The minimum Gasteiger partial charge on any atom is -0.374 e. The van der Waals surface area contributed by atoms with Crippen molar-refractivity contribution in [2.75, 3.05) is 0 Å². The van der Waals surface area contributed by atoms with E-state index in [0.29, 0.717) is 12.1 Å². The molecule has 3 heteroatoms. The first-order valence-corrected chi connectivity index (χ1v) is 8.79. The van der Waals surface area contributed by atoms with Crippen LogP contribution in [0.2, 0.25) is 0 Å². The van der Waals surface area contributed by atoms with Crippen LogP contribution in [0.25, 0.3) is 0 Å². The summed E-state index contributed by atoms with van der Waals surface area (Å²) in [4.78, 5) is 2.84. The number of rotatable bonds is 6. The van der Waals surface area contributed by atoms with E-state index in [1.54, 1.807) is 0 Å². The van der Waals surface area contributed by atoms with Crippen LogP contribution in [0.3, 0.4) is 0 Å². The van der Waals surface area contributed by atoms with Crippen LogP contribution >= 0.6 is 11.3 Å². The Hall–Kier alpha value is -0.380. The van der Waals surface area contributed by atoms with E-state index < -0.39 is 0 Å². The van der Waals surface area contributed by atoms with Gasteiger partial charge in [-0.25, -0.2) is 0 Å². The van der Waals surface area contributed by atoms with Gasteiger partial charge in [0.1, 0.15) is 0 Å². The molecule has 0 atom stereocenters. The van der Waals surface area contributed by atoms with Crippen LogP contribution in [0.1, 0.15) is 61.8 Å². The van der Waals surface area contributed by atoms with Crippen molar-refractivity contribution in [1.82, 2.24) is 5.32 Å². The van der Waals surface area contributed by atoms with Gasteiger partial charge in [-0.1, -0.05) is 20.8 Å². The van der Waals surface area contributed by atoms with E-state index in [1.165, 1.54) is 41.0 Å². The Kier molecular flexibility index (Phi) is 6.06. The molecular formula is C17H29NOS. The van der Waals surface area contributed by atoms with Gasteiger partial charge in [-0.3, -0.25) is 0 Å². The molecule has 0 aromatic carbocycles. The van der Waals surface area contributed by atoms with E-state index in [0.717, 1.165) is 19.1 Å². The van der Waals surface area contributed by atoms with Gasteiger partial charge in [0.15, 0.2) is 0 Å².